The summed E-state index contributed by atoms with van der Waals surface area (Å²) in [6.07, 6.45) is 1.69. The monoisotopic (exact) mass is 335 g/mol. The SMILES string of the molecule is CN(C[C@H]1CNC[C@@H]1c1ccc(Cl)cc1)c1ccc(Cl)cn1. The number of anilines is 1. The maximum absolute atomic E-state index is 5.99. The average molecular weight is 336 g/mol. The number of rotatable bonds is 4. The first-order valence-corrected chi connectivity index (χ1v) is 8.18. The third-order valence-corrected chi connectivity index (χ3v) is 4.72. The predicted octanol–water partition coefficient (Wildman–Crippen LogP) is 3.83. The van der Waals surface area contributed by atoms with E-state index in [1.807, 2.05) is 24.3 Å². The molecule has 1 aromatic carbocycles. The second-order valence-electron chi connectivity index (χ2n) is 5.79. The van der Waals surface area contributed by atoms with Crippen LogP contribution < -0.4 is 10.2 Å². The van der Waals surface area contributed by atoms with E-state index in [0.717, 1.165) is 30.5 Å². The molecule has 3 nitrogen and oxygen atoms in total. The van der Waals surface area contributed by atoms with Gasteiger partial charge in [0.15, 0.2) is 0 Å². The van der Waals surface area contributed by atoms with Crippen LogP contribution in [0.5, 0.6) is 0 Å². The third kappa shape index (κ3) is 3.54. The zero-order valence-corrected chi connectivity index (χ0v) is 14.0. The number of pyridine rings is 1. The highest BCUT2D eigenvalue weighted by Gasteiger charge is 2.29. The van der Waals surface area contributed by atoms with Crippen LogP contribution in [0.25, 0.3) is 0 Å². The molecular weight excluding hydrogens is 317 g/mol. The van der Waals surface area contributed by atoms with Gasteiger partial charge in [0, 0.05) is 43.8 Å². The number of nitrogens with zero attached hydrogens (tertiary/aromatic N) is 2. The molecule has 1 aliphatic heterocycles. The lowest BCUT2D eigenvalue weighted by molar-refractivity contribution is 0.517. The van der Waals surface area contributed by atoms with E-state index in [0.29, 0.717) is 16.9 Å². The number of nitrogens with one attached hydrogen (secondary N) is 1. The number of aromatic nitrogens is 1. The molecule has 1 N–H and O–H groups in total. The van der Waals surface area contributed by atoms with Gasteiger partial charge in [-0.2, -0.15) is 0 Å². The summed E-state index contributed by atoms with van der Waals surface area (Å²) in [6.45, 7) is 2.98. The van der Waals surface area contributed by atoms with Crippen molar-refractivity contribution in [2.75, 3.05) is 31.6 Å². The Morgan fingerprint density at radius 2 is 1.82 bits per heavy atom. The fourth-order valence-electron chi connectivity index (χ4n) is 3.06. The van der Waals surface area contributed by atoms with Gasteiger partial charge in [0.2, 0.25) is 0 Å². The van der Waals surface area contributed by atoms with Crippen LogP contribution in [0.15, 0.2) is 42.6 Å². The molecule has 0 amide bonds. The molecular formula is C17H19Cl2N3. The summed E-state index contributed by atoms with van der Waals surface area (Å²) in [6, 6.07) is 12.0. The minimum absolute atomic E-state index is 0.506. The summed E-state index contributed by atoms with van der Waals surface area (Å²) in [4.78, 5) is 6.58. The Morgan fingerprint density at radius 1 is 1.09 bits per heavy atom. The molecule has 2 aromatic rings. The topological polar surface area (TPSA) is 28.2 Å². The summed E-state index contributed by atoms with van der Waals surface area (Å²) in [7, 11) is 2.08. The molecule has 1 saturated heterocycles. The van der Waals surface area contributed by atoms with Crippen molar-refractivity contribution in [1.82, 2.24) is 10.3 Å². The van der Waals surface area contributed by atoms with Gasteiger partial charge in [-0.05, 0) is 35.7 Å². The highest BCUT2D eigenvalue weighted by molar-refractivity contribution is 6.30. The summed E-state index contributed by atoms with van der Waals surface area (Å²) < 4.78 is 0. The number of hydrogen-bond donors (Lipinski definition) is 1. The van der Waals surface area contributed by atoms with Gasteiger partial charge in [-0.3, -0.25) is 0 Å². The van der Waals surface area contributed by atoms with E-state index in [1.165, 1.54) is 5.56 Å². The lowest BCUT2D eigenvalue weighted by Crippen LogP contribution is -2.29. The van der Waals surface area contributed by atoms with E-state index < -0.39 is 0 Å². The first-order valence-electron chi connectivity index (χ1n) is 7.42. The van der Waals surface area contributed by atoms with E-state index in [9.17, 15) is 0 Å². The van der Waals surface area contributed by atoms with Crippen molar-refractivity contribution in [1.29, 1.82) is 0 Å². The highest BCUT2D eigenvalue weighted by Crippen LogP contribution is 2.30. The van der Waals surface area contributed by atoms with E-state index in [2.05, 4.69) is 34.4 Å². The molecule has 116 valence electrons. The van der Waals surface area contributed by atoms with E-state index in [4.69, 9.17) is 23.2 Å². The van der Waals surface area contributed by atoms with Crippen LogP contribution in [0.3, 0.4) is 0 Å². The molecule has 1 aromatic heterocycles. The fourth-order valence-corrected chi connectivity index (χ4v) is 3.30. The Morgan fingerprint density at radius 3 is 2.50 bits per heavy atom. The van der Waals surface area contributed by atoms with Crippen molar-refractivity contribution >= 4 is 29.0 Å². The second kappa shape index (κ2) is 6.86. The lowest BCUT2D eigenvalue weighted by Gasteiger charge is -2.26. The van der Waals surface area contributed by atoms with Crippen molar-refractivity contribution in [3.05, 3.63) is 58.2 Å². The highest BCUT2D eigenvalue weighted by atomic mass is 35.5. The Bertz CT molecular complexity index is 613. The maximum Gasteiger partial charge on any atom is 0.128 e. The van der Waals surface area contributed by atoms with Crippen LogP contribution in [0.4, 0.5) is 5.82 Å². The number of halogens is 2. The van der Waals surface area contributed by atoms with Crippen molar-refractivity contribution in [3.8, 4) is 0 Å². The predicted molar refractivity (Wildman–Crippen MR) is 93.1 cm³/mol. The van der Waals surface area contributed by atoms with Crippen LogP contribution in [-0.2, 0) is 0 Å². The second-order valence-corrected chi connectivity index (χ2v) is 6.66. The lowest BCUT2D eigenvalue weighted by atomic mass is 9.88. The van der Waals surface area contributed by atoms with Gasteiger partial charge in [0.05, 0.1) is 5.02 Å². The van der Waals surface area contributed by atoms with Crippen LogP contribution in [-0.4, -0.2) is 31.7 Å². The summed E-state index contributed by atoms with van der Waals surface area (Å²) in [5.74, 6) is 2.00. The van der Waals surface area contributed by atoms with Crippen molar-refractivity contribution in [2.24, 2.45) is 5.92 Å². The Balaban J connectivity index is 1.70. The molecule has 0 saturated carbocycles. The minimum Gasteiger partial charge on any atom is -0.359 e. The van der Waals surface area contributed by atoms with Gasteiger partial charge in [-0.15, -0.1) is 0 Å². The van der Waals surface area contributed by atoms with Crippen LogP contribution in [0.1, 0.15) is 11.5 Å². The smallest absolute Gasteiger partial charge is 0.128 e. The van der Waals surface area contributed by atoms with Crippen LogP contribution in [0.2, 0.25) is 10.0 Å². The van der Waals surface area contributed by atoms with Crippen LogP contribution >= 0.6 is 23.2 Å². The quantitative estimate of drug-likeness (QED) is 0.920. The molecule has 22 heavy (non-hydrogen) atoms. The first kappa shape index (κ1) is 15.6. The molecule has 0 bridgehead atoms. The molecule has 2 heterocycles. The largest absolute Gasteiger partial charge is 0.359 e. The van der Waals surface area contributed by atoms with Gasteiger partial charge in [-0.1, -0.05) is 35.3 Å². The van der Waals surface area contributed by atoms with Crippen molar-refractivity contribution < 1.29 is 0 Å². The molecule has 0 spiro atoms. The minimum atomic E-state index is 0.506. The van der Waals surface area contributed by atoms with Gasteiger partial charge in [-0.25, -0.2) is 4.98 Å². The van der Waals surface area contributed by atoms with Gasteiger partial charge in [0.1, 0.15) is 5.82 Å². The molecule has 0 aliphatic carbocycles. The Labute approximate surface area is 141 Å². The zero-order valence-electron chi connectivity index (χ0n) is 12.5. The average Bonchev–Trinajstić information content (AvgIpc) is 2.97. The van der Waals surface area contributed by atoms with Crippen molar-refractivity contribution in [2.45, 2.75) is 5.92 Å². The molecule has 0 unspecified atom stereocenters. The number of hydrogen-bond acceptors (Lipinski definition) is 3. The zero-order chi connectivity index (χ0) is 15.5. The number of benzene rings is 1. The standard InChI is InChI=1S/C17H19Cl2N3/c1-22(17-7-6-15(19)9-21-17)11-13-8-20-10-16(13)12-2-4-14(18)5-3-12/h2-7,9,13,16,20H,8,10-11H2,1H3/t13-,16-/m1/s1. The molecule has 0 radical (unpaired) electrons. The third-order valence-electron chi connectivity index (χ3n) is 4.25. The normalized spacial score (nSPS) is 21.0. The Kier molecular flexibility index (Phi) is 4.87. The van der Waals surface area contributed by atoms with E-state index >= 15 is 0 Å². The van der Waals surface area contributed by atoms with Crippen LogP contribution in [0, 0.1) is 5.92 Å². The summed E-state index contributed by atoms with van der Waals surface area (Å²) in [5.41, 5.74) is 1.34. The molecule has 1 fully saturated rings. The van der Waals surface area contributed by atoms with E-state index in [1.54, 1.807) is 6.20 Å². The summed E-state index contributed by atoms with van der Waals surface area (Å²) in [5, 5.41) is 4.95. The van der Waals surface area contributed by atoms with E-state index in [-0.39, 0.29) is 0 Å². The maximum atomic E-state index is 5.99. The van der Waals surface area contributed by atoms with Gasteiger partial charge < -0.3 is 10.2 Å². The van der Waals surface area contributed by atoms with Gasteiger partial charge >= 0.3 is 0 Å². The fraction of sp³-hybridized carbons (Fsp3) is 0.353. The Hall–Kier alpha value is -1.29. The van der Waals surface area contributed by atoms with Crippen molar-refractivity contribution in [3.63, 3.8) is 0 Å². The molecule has 5 heteroatoms. The van der Waals surface area contributed by atoms with Gasteiger partial charge in [0.25, 0.3) is 0 Å². The summed E-state index contributed by atoms with van der Waals surface area (Å²) >= 11 is 11.9. The molecule has 3 rings (SSSR count). The molecule has 1 aliphatic rings. The first-order chi connectivity index (χ1) is 10.6. The molecule has 2 atom stereocenters.